The van der Waals surface area contributed by atoms with Gasteiger partial charge >= 0.3 is 5.97 Å². The molecule has 0 amide bonds. The number of carbonyl (C=O) groups excluding carboxylic acids is 1. The largest absolute Gasteiger partial charge is 0.456 e. The van der Waals surface area contributed by atoms with Gasteiger partial charge in [0.2, 0.25) is 0 Å². The maximum absolute atomic E-state index is 11.6. The van der Waals surface area contributed by atoms with Crippen LogP contribution in [0.15, 0.2) is 12.2 Å². The van der Waals surface area contributed by atoms with Gasteiger partial charge in [-0.3, -0.25) is 9.69 Å². The highest BCUT2D eigenvalue weighted by Gasteiger charge is 2.26. The summed E-state index contributed by atoms with van der Waals surface area (Å²) in [5.74, 6) is -0.137. The Morgan fingerprint density at radius 1 is 1.50 bits per heavy atom. The third kappa shape index (κ3) is 3.14. The third-order valence-corrected chi connectivity index (χ3v) is 2.13. The molecule has 0 saturated carbocycles. The van der Waals surface area contributed by atoms with Gasteiger partial charge in [0.15, 0.2) is 0 Å². The topological polar surface area (TPSA) is 29.5 Å². The van der Waals surface area contributed by atoms with Crippen LogP contribution in [0.25, 0.3) is 0 Å². The lowest BCUT2D eigenvalue weighted by Crippen LogP contribution is -2.37. The molecule has 1 aliphatic rings. The zero-order chi connectivity index (χ0) is 10.8. The Morgan fingerprint density at radius 3 is 2.64 bits per heavy atom. The highest BCUT2D eigenvalue weighted by atomic mass is 16.5. The van der Waals surface area contributed by atoms with E-state index in [9.17, 15) is 4.79 Å². The first-order valence-electron chi connectivity index (χ1n) is 4.96. The molecule has 0 aromatic carbocycles. The minimum absolute atomic E-state index is 0.0829. The van der Waals surface area contributed by atoms with E-state index in [0.29, 0.717) is 0 Å². The molecule has 0 radical (unpaired) electrons. The molecule has 1 aliphatic heterocycles. The summed E-state index contributed by atoms with van der Waals surface area (Å²) in [6.07, 6.45) is 3.91. The van der Waals surface area contributed by atoms with Crippen LogP contribution in [0.2, 0.25) is 0 Å². The summed E-state index contributed by atoms with van der Waals surface area (Å²) >= 11 is 0. The number of carbonyl (C=O) groups is 1. The van der Waals surface area contributed by atoms with Gasteiger partial charge in [-0.2, -0.15) is 0 Å². The van der Waals surface area contributed by atoms with Crippen molar-refractivity contribution < 1.29 is 9.53 Å². The van der Waals surface area contributed by atoms with Crippen LogP contribution >= 0.6 is 0 Å². The van der Waals surface area contributed by atoms with Crippen molar-refractivity contribution in [2.45, 2.75) is 26.9 Å². The van der Waals surface area contributed by atoms with Crippen LogP contribution in [0.4, 0.5) is 0 Å². The Kier molecular flexibility index (Phi) is 3.32. The monoisotopic (exact) mass is 197 g/mol. The molecular weight excluding hydrogens is 178 g/mol. The Bertz CT molecular complexity index is 240. The Balaban J connectivity index is 2.49. The van der Waals surface area contributed by atoms with Crippen molar-refractivity contribution >= 4 is 5.97 Å². The van der Waals surface area contributed by atoms with Crippen LogP contribution < -0.4 is 0 Å². The molecule has 0 spiro atoms. The molecule has 0 unspecified atom stereocenters. The van der Waals surface area contributed by atoms with Gasteiger partial charge in [0.05, 0.1) is 5.41 Å². The lowest BCUT2D eigenvalue weighted by Gasteiger charge is -2.27. The molecule has 0 fully saturated rings. The van der Waals surface area contributed by atoms with Crippen molar-refractivity contribution in [2.24, 2.45) is 5.41 Å². The number of esters is 1. The van der Waals surface area contributed by atoms with Crippen LogP contribution in [-0.2, 0) is 9.53 Å². The fourth-order valence-corrected chi connectivity index (χ4v) is 1.23. The molecule has 0 saturated heterocycles. The van der Waals surface area contributed by atoms with Crippen molar-refractivity contribution in [3.63, 3.8) is 0 Å². The molecule has 0 aliphatic carbocycles. The zero-order valence-corrected chi connectivity index (χ0v) is 9.41. The first-order valence-corrected chi connectivity index (χ1v) is 4.96. The highest BCUT2D eigenvalue weighted by molar-refractivity contribution is 5.75. The first kappa shape index (κ1) is 11.2. The highest BCUT2D eigenvalue weighted by Crippen LogP contribution is 2.17. The Morgan fingerprint density at radius 2 is 2.14 bits per heavy atom. The molecule has 1 atom stereocenters. The summed E-state index contributed by atoms with van der Waals surface area (Å²) in [4.78, 5) is 13.7. The van der Waals surface area contributed by atoms with Gasteiger partial charge in [-0.1, -0.05) is 6.08 Å². The molecule has 0 N–H and O–H groups in total. The van der Waals surface area contributed by atoms with E-state index in [2.05, 4.69) is 4.90 Å². The Labute approximate surface area is 85.7 Å². The summed E-state index contributed by atoms with van der Waals surface area (Å²) in [7, 11) is 2.02. The SMILES string of the molecule is CN1CC=C[C@@H](OC(=O)C(C)(C)C)C1. The predicted molar refractivity (Wildman–Crippen MR) is 56.0 cm³/mol. The summed E-state index contributed by atoms with van der Waals surface area (Å²) in [6, 6.07) is 0. The van der Waals surface area contributed by atoms with Crippen LogP contribution in [0.3, 0.4) is 0 Å². The molecule has 0 aromatic rings. The van der Waals surface area contributed by atoms with Gasteiger partial charge < -0.3 is 4.74 Å². The summed E-state index contributed by atoms with van der Waals surface area (Å²) in [5, 5.41) is 0. The molecule has 0 bridgehead atoms. The van der Waals surface area contributed by atoms with Crippen molar-refractivity contribution in [3.8, 4) is 0 Å². The van der Waals surface area contributed by atoms with E-state index >= 15 is 0 Å². The molecular formula is C11H19NO2. The minimum Gasteiger partial charge on any atom is -0.456 e. The maximum Gasteiger partial charge on any atom is 0.311 e. The standard InChI is InChI=1S/C11H19NO2/c1-11(2,3)10(13)14-9-6-5-7-12(4)8-9/h5-6,9H,7-8H2,1-4H3/t9-/m1/s1. The molecule has 1 rings (SSSR count). The smallest absolute Gasteiger partial charge is 0.311 e. The van der Waals surface area contributed by atoms with E-state index in [0.717, 1.165) is 13.1 Å². The number of nitrogens with zero attached hydrogens (tertiary/aromatic N) is 1. The first-order chi connectivity index (χ1) is 6.39. The van der Waals surface area contributed by atoms with Crippen molar-refractivity contribution in [3.05, 3.63) is 12.2 Å². The van der Waals surface area contributed by atoms with Gasteiger partial charge in [0.1, 0.15) is 6.10 Å². The zero-order valence-electron chi connectivity index (χ0n) is 9.41. The quantitative estimate of drug-likeness (QED) is 0.470. The number of rotatable bonds is 1. The average Bonchev–Trinajstić information content (AvgIpc) is 2.02. The normalized spacial score (nSPS) is 23.6. The van der Waals surface area contributed by atoms with Crippen LogP contribution in [0, 0.1) is 5.41 Å². The summed E-state index contributed by atoms with van der Waals surface area (Å²) in [6.45, 7) is 7.32. The van der Waals surface area contributed by atoms with Crippen molar-refractivity contribution in [1.29, 1.82) is 0 Å². The van der Waals surface area contributed by atoms with Crippen molar-refractivity contribution in [1.82, 2.24) is 4.90 Å². The van der Waals surface area contributed by atoms with Gasteiger partial charge in [0.25, 0.3) is 0 Å². The maximum atomic E-state index is 11.6. The van der Waals surface area contributed by atoms with E-state index in [1.807, 2.05) is 40.0 Å². The number of hydrogen-bond acceptors (Lipinski definition) is 3. The number of ether oxygens (including phenoxy) is 1. The fourth-order valence-electron chi connectivity index (χ4n) is 1.23. The van der Waals surface area contributed by atoms with Crippen LogP contribution in [0.5, 0.6) is 0 Å². The van der Waals surface area contributed by atoms with E-state index < -0.39 is 5.41 Å². The van der Waals surface area contributed by atoms with E-state index in [1.54, 1.807) is 0 Å². The summed E-state index contributed by atoms with van der Waals surface area (Å²) in [5.41, 5.74) is -0.413. The molecule has 80 valence electrons. The minimum atomic E-state index is -0.413. The lowest BCUT2D eigenvalue weighted by atomic mass is 9.97. The second kappa shape index (κ2) is 4.13. The van der Waals surface area contributed by atoms with E-state index in [-0.39, 0.29) is 12.1 Å². The van der Waals surface area contributed by atoms with Gasteiger partial charge in [-0.25, -0.2) is 0 Å². The summed E-state index contributed by atoms with van der Waals surface area (Å²) < 4.78 is 5.36. The van der Waals surface area contributed by atoms with Gasteiger partial charge in [-0.05, 0) is 33.9 Å². The second-order valence-corrected chi connectivity index (χ2v) is 4.84. The second-order valence-electron chi connectivity index (χ2n) is 4.84. The number of hydrogen-bond donors (Lipinski definition) is 0. The van der Waals surface area contributed by atoms with E-state index in [4.69, 9.17) is 4.74 Å². The number of likely N-dealkylation sites (N-methyl/N-ethyl adjacent to an activating group) is 1. The fraction of sp³-hybridized carbons (Fsp3) is 0.727. The van der Waals surface area contributed by atoms with Crippen LogP contribution in [-0.4, -0.2) is 37.1 Å². The lowest BCUT2D eigenvalue weighted by molar-refractivity contribution is -0.157. The molecule has 3 nitrogen and oxygen atoms in total. The third-order valence-electron chi connectivity index (χ3n) is 2.13. The van der Waals surface area contributed by atoms with Gasteiger partial charge in [0, 0.05) is 13.1 Å². The van der Waals surface area contributed by atoms with Crippen molar-refractivity contribution in [2.75, 3.05) is 20.1 Å². The van der Waals surface area contributed by atoms with E-state index in [1.165, 1.54) is 0 Å². The molecule has 3 heteroatoms. The predicted octanol–water partition coefficient (Wildman–Crippen LogP) is 1.45. The van der Waals surface area contributed by atoms with Crippen LogP contribution in [0.1, 0.15) is 20.8 Å². The average molecular weight is 197 g/mol. The van der Waals surface area contributed by atoms with Gasteiger partial charge in [-0.15, -0.1) is 0 Å². The molecule has 0 aromatic heterocycles. The molecule has 1 heterocycles. The Hall–Kier alpha value is -0.830. The molecule has 14 heavy (non-hydrogen) atoms.